The minimum Gasteiger partial charge on any atom is -0.483 e. The smallest absolute Gasteiger partial charge is 0.257 e. The van der Waals surface area contributed by atoms with E-state index >= 15 is 0 Å². The van der Waals surface area contributed by atoms with Crippen molar-refractivity contribution in [3.63, 3.8) is 0 Å². The molecular formula is C26H36N4O2S. The molecule has 0 saturated carbocycles. The summed E-state index contributed by atoms with van der Waals surface area (Å²) >= 11 is 1.69. The SMILES string of the molecule is CN1CC(CN(C)Sc2ccccc2OCC(=O)NCCCN2CCc3ccccc3C2)C1. The average molecular weight is 469 g/mol. The number of nitrogens with zero attached hydrogens (tertiary/aromatic N) is 3. The standard InChI is InChI=1S/C26H36N4O2S/c1-28-16-21(17-28)18-29(2)33-25-11-6-5-10-24(25)32-20-26(31)27-13-7-14-30-15-12-22-8-3-4-9-23(22)19-30/h3-6,8-11,21H,7,12-20H2,1-2H3,(H,27,31). The lowest BCUT2D eigenvalue weighted by Gasteiger charge is -2.38. The van der Waals surface area contributed by atoms with Crippen LogP contribution in [0.3, 0.4) is 0 Å². The van der Waals surface area contributed by atoms with Gasteiger partial charge in [-0.1, -0.05) is 36.4 Å². The van der Waals surface area contributed by atoms with Crippen LogP contribution < -0.4 is 10.1 Å². The lowest BCUT2D eigenvalue weighted by atomic mass is 10.00. The molecule has 0 unspecified atom stereocenters. The molecule has 0 atom stereocenters. The number of carbonyl (C=O) groups excluding carboxylic acids is 1. The maximum atomic E-state index is 12.3. The topological polar surface area (TPSA) is 48.1 Å². The van der Waals surface area contributed by atoms with E-state index in [9.17, 15) is 4.79 Å². The van der Waals surface area contributed by atoms with E-state index in [4.69, 9.17) is 4.74 Å². The van der Waals surface area contributed by atoms with E-state index < -0.39 is 0 Å². The zero-order valence-corrected chi connectivity index (χ0v) is 20.7. The number of benzene rings is 2. The van der Waals surface area contributed by atoms with Gasteiger partial charge in [0.2, 0.25) is 0 Å². The molecule has 2 heterocycles. The van der Waals surface area contributed by atoms with Crippen LogP contribution >= 0.6 is 11.9 Å². The number of fused-ring (bicyclic) bond motifs is 1. The van der Waals surface area contributed by atoms with Crippen LogP contribution in [0.15, 0.2) is 53.4 Å². The fourth-order valence-electron chi connectivity index (χ4n) is 4.63. The summed E-state index contributed by atoms with van der Waals surface area (Å²) in [4.78, 5) is 18.2. The Bertz CT molecular complexity index is 919. The molecular weight excluding hydrogens is 432 g/mol. The Morgan fingerprint density at radius 3 is 2.73 bits per heavy atom. The molecule has 1 fully saturated rings. The van der Waals surface area contributed by atoms with Gasteiger partial charge in [0.1, 0.15) is 5.75 Å². The van der Waals surface area contributed by atoms with Crippen molar-refractivity contribution >= 4 is 17.9 Å². The molecule has 2 aromatic rings. The molecule has 6 nitrogen and oxygen atoms in total. The molecule has 0 radical (unpaired) electrons. The molecule has 2 aromatic carbocycles. The number of hydrogen-bond acceptors (Lipinski definition) is 6. The highest BCUT2D eigenvalue weighted by atomic mass is 32.2. The molecule has 4 rings (SSSR count). The van der Waals surface area contributed by atoms with Gasteiger partial charge >= 0.3 is 0 Å². The van der Waals surface area contributed by atoms with Gasteiger partial charge in [-0.25, -0.2) is 4.31 Å². The summed E-state index contributed by atoms with van der Waals surface area (Å²) < 4.78 is 8.13. The molecule has 7 heteroatoms. The first-order valence-corrected chi connectivity index (χ1v) is 12.7. The largest absolute Gasteiger partial charge is 0.483 e. The number of carbonyl (C=O) groups is 1. The first-order valence-electron chi connectivity index (χ1n) is 11.9. The van der Waals surface area contributed by atoms with Crippen molar-refractivity contribution in [2.45, 2.75) is 24.3 Å². The van der Waals surface area contributed by atoms with E-state index in [2.05, 4.69) is 63.8 Å². The zero-order chi connectivity index (χ0) is 23.0. The average Bonchev–Trinajstić information content (AvgIpc) is 2.80. The molecule has 33 heavy (non-hydrogen) atoms. The maximum absolute atomic E-state index is 12.3. The Morgan fingerprint density at radius 1 is 1.15 bits per heavy atom. The van der Waals surface area contributed by atoms with E-state index in [-0.39, 0.29) is 12.5 Å². The molecule has 178 valence electrons. The second-order valence-corrected chi connectivity index (χ2v) is 10.5. The Balaban J connectivity index is 1.14. The van der Waals surface area contributed by atoms with Gasteiger partial charge in [0.15, 0.2) is 6.61 Å². The fourth-order valence-corrected chi connectivity index (χ4v) is 5.60. The second-order valence-electron chi connectivity index (χ2n) is 9.22. The van der Waals surface area contributed by atoms with Crippen LogP contribution in [0.4, 0.5) is 0 Å². The van der Waals surface area contributed by atoms with Gasteiger partial charge in [-0.2, -0.15) is 0 Å². The van der Waals surface area contributed by atoms with Crippen LogP contribution in [0, 0.1) is 5.92 Å². The second kappa shape index (κ2) is 11.9. The number of amides is 1. The summed E-state index contributed by atoms with van der Waals surface area (Å²) in [5, 5.41) is 3.00. The van der Waals surface area contributed by atoms with Gasteiger partial charge in [-0.05, 0) is 68.1 Å². The molecule has 0 aromatic heterocycles. The van der Waals surface area contributed by atoms with Crippen molar-refractivity contribution in [1.82, 2.24) is 19.4 Å². The minimum absolute atomic E-state index is 0.0474. The van der Waals surface area contributed by atoms with Crippen LogP contribution in [0.2, 0.25) is 0 Å². The highest BCUT2D eigenvalue weighted by Gasteiger charge is 2.24. The highest BCUT2D eigenvalue weighted by molar-refractivity contribution is 7.97. The number of para-hydroxylation sites is 1. The predicted octanol–water partition coefficient (Wildman–Crippen LogP) is 3.13. The summed E-state index contributed by atoms with van der Waals surface area (Å²) in [5.74, 6) is 1.43. The van der Waals surface area contributed by atoms with Crippen molar-refractivity contribution in [3.05, 3.63) is 59.7 Å². The van der Waals surface area contributed by atoms with E-state index in [0.717, 1.165) is 68.7 Å². The van der Waals surface area contributed by atoms with Crippen molar-refractivity contribution in [3.8, 4) is 5.75 Å². The van der Waals surface area contributed by atoms with Crippen molar-refractivity contribution in [2.24, 2.45) is 5.92 Å². The summed E-state index contributed by atoms with van der Waals surface area (Å²) in [7, 11) is 4.28. The number of ether oxygens (including phenoxy) is 1. The van der Waals surface area contributed by atoms with E-state index in [1.165, 1.54) is 11.1 Å². The van der Waals surface area contributed by atoms with Crippen LogP contribution in [0.25, 0.3) is 0 Å². The molecule has 0 bridgehead atoms. The van der Waals surface area contributed by atoms with Gasteiger partial charge in [-0.3, -0.25) is 9.69 Å². The molecule has 1 saturated heterocycles. The lowest BCUT2D eigenvalue weighted by Crippen LogP contribution is -2.47. The normalized spacial score (nSPS) is 16.9. The lowest BCUT2D eigenvalue weighted by molar-refractivity contribution is -0.123. The Hall–Kier alpha value is -2.06. The first-order chi connectivity index (χ1) is 16.1. The third-order valence-electron chi connectivity index (χ3n) is 6.30. The van der Waals surface area contributed by atoms with Crippen LogP contribution in [-0.2, 0) is 17.8 Å². The first kappa shape index (κ1) is 24.1. The highest BCUT2D eigenvalue weighted by Crippen LogP contribution is 2.32. The van der Waals surface area contributed by atoms with Crippen molar-refractivity contribution in [1.29, 1.82) is 0 Å². The third kappa shape index (κ3) is 7.21. The van der Waals surface area contributed by atoms with Crippen LogP contribution in [0.1, 0.15) is 17.5 Å². The summed E-state index contributed by atoms with van der Waals surface area (Å²) in [6, 6.07) is 16.6. The van der Waals surface area contributed by atoms with Gasteiger partial charge < -0.3 is 15.0 Å². The fraction of sp³-hybridized carbons (Fsp3) is 0.500. The Kier molecular flexibility index (Phi) is 8.67. The van der Waals surface area contributed by atoms with E-state index in [1.807, 2.05) is 18.2 Å². The molecule has 1 N–H and O–H groups in total. The van der Waals surface area contributed by atoms with Gasteiger partial charge in [0, 0.05) is 45.8 Å². The Labute approximate surface area is 202 Å². The van der Waals surface area contributed by atoms with Crippen LogP contribution in [-0.4, -0.2) is 80.0 Å². The molecule has 0 aliphatic carbocycles. The molecule has 0 spiro atoms. The maximum Gasteiger partial charge on any atom is 0.257 e. The van der Waals surface area contributed by atoms with Gasteiger partial charge in [0.25, 0.3) is 5.91 Å². The predicted molar refractivity (Wildman–Crippen MR) is 134 cm³/mol. The summed E-state index contributed by atoms with van der Waals surface area (Å²) in [6.07, 6.45) is 2.06. The number of nitrogens with one attached hydrogen (secondary N) is 1. The number of likely N-dealkylation sites (tertiary alicyclic amines) is 1. The molecule has 2 aliphatic rings. The summed E-state index contributed by atoms with van der Waals surface area (Å²) in [5.41, 5.74) is 2.91. The quantitative estimate of drug-likeness (QED) is 0.404. The number of hydrogen-bond donors (Lipinski definition) is 1. The van der Waals surface area contributed by atoms with Crippen molar-refractivity contribution < 1.29 is 9.53 Å². The Morgan fingerprint density at radius 2 is 1.91 bits per heavy atom. The zero-order valence-electron chi connectivity index (χ0n) is 19.8. The van der Waals surface area contributed by atoms with Gasteiger partial charge in [0.05, 0.1) is 4.90 Å². The van der Waals surface area contributed by atoms with Crippen LogP contribution in [0.5, 0.6) is 5.75 Å². The van der Waals surface area contributed by atoms with E-state index in [0.29, 0.717) is 6.54 Å². The van der Waals surface area contributed by atoms with E-state index in [1.54, 1.807) is 11.9 Å². The van der Waals surface area contributed by atoms with Crippen molar-refractivity contribution in [2.75, 3.05) is 60.0 Å². The number of rotatable bonds is 11. The molecule has 2 aliphatic heterocycles. The third-order valence-corrected chi connectivity index (χ3v) is 7.29. The monoisotopic (exact) mass is 468 g/mol. The minimum atomic E-state index is -0.0651. The molecule has 1 amide bonds. The van der Waals surface area contributed by atoms with Gasteiger partial charge in [-0.15, -0.1) is 0 Å². The summed E-state index contributed by atoms with van der Waals surface area (Å²) in [6.45, 7) is 7.19.